The van der Waals surface area contributed by atoms with Crippen molar-refractivity contribution >= 4 is 46.7 Å². The minimum atomic E-state index is -0.390. The minimum Gasteiger partial charge on any atom is -0.136 e. The van der Waals surface area contributed by atoms with E-state index in [1.807, 2.05) is 23.5 Å². The van der Waals surface area contributed by atoms with Crippen molar-refractivity contribution in [3.63, 3.8) is 0 Å². The molecule has 1 aliphatic heterocycles. The zero-order valence-corrected chi connectivity index (χ0v) is 15.1. The fourth-order valence-corrected chi connectivity index (χ4v) is 6.09. The van der Waals surface area contributed by atoms with E-state index in [0.717, 1.165) is 5.92 Å². The van der Waals surface area contributed by atoms with Crippen LogP contribution in [0.2, 0.25) is 0 Å². The van der Waals surface area contributed by atoms with Crippen LogP contribution < -0.4 is 0 Å². The maximum atomic E-state index is 6.06. The third-order valence-corrected chi connectivity index (χ3v) is 8.30. The van der Waals surface area contributed by atoms with Crippen LogP contribution in [0.1, 0.15) is 27.7 Å². The molecular formula is C15H22Cl2S2. The van der Waals surface area contributed by atoms with Crippen LogP contribution in [0.15, 0.2) is 24.3 Å². The van der Waals surface area contributed by atoms with Gasteiger partial charge in [-0.2, -0.15) is 0 Å². The first-order chi connectivity index (χ1) is 8.67. The summed E-state index contributed by atoms with van der Waals surface area (Å²) in [5.74, 6) is 3.21. The number of hydrogen-bond donors (Lipinski definition) is 0. The Balaban J connectivity index is 2.05. The van der Waals surface area contributed by atoms with Crippen LogP contribution in [0, 0.1) is 16.7 Å². The highest BCUT2D eigenvalue weighted by Gasteiger charge is 2.40. The summed E-state index contributed by atoms with van der Waals surface area (Å²) >= 11 is 16.2. The zero-order chi connectivity index (χ0) is 14.3. The summed E-state index contributed by atoms with van der Waals surface area (Å²) in [6.45, 7) is 9.09. The van der Waals surface area contributed by atoms with Gasteiger partial charge in [0.2, 0.25) is 0 Å². The van der Waals surface area contributed by atoms with Crippen LogP contribution in [-0.4, -0.2) is 20.4 Å². The van der Waals surface area contributed by atoms with E-state index < -0.39 is 4.84 Å². The lowest BCUT2D eigenvalue weighted by molar-refractivity contribution is 0.292. The van der Waals surface area contributed by atoms with E-state index in [0.29, 0.717) is 5.41 Å². The highest BCUT2D eigenvalue weighted by atomic mass is 35.5. The molecule has 0 aromatic carbocycles. The highest BCUT2D eigenvalue weighted by Crippen LogP contribution is 2.52. The molecule has 0 aromatic heterocycles. The normalized spacial score (nSPS) is 39.2. The second-order valence-electron chi connectivity index (χ2n) is 6.74. The summed E-state index contributed by atoms with van der Waals surface area (Å²) in [5, 5.41) is 0. The molecule has 0 saturated carbocycles. The Morgan fingerprint density at radius 2 is 1.53 bits per heavy atom. The average Bonchev–Trinajstić information content (AvgIpc) is 2.33. The van der Waals surface area contributed by atoms with E-state index in [1.54, 1.807) is 0 Å². The molecule has 0 unspecified atom stereocenters. The van der Waals surface area contributed by atoms with E-state index >= 15 is 0 Å². The van der Waals surface area contributed by atoms with E-state index in [-0.39, 0.29) is 9.49 Å². The number of alkyl halides is 2. The number of thioether (sulfide) groups is 2. The first-order valence-electron chi connectivity index (χ1n) is 6.64. The molecule has 2 rings (SSSR count). The summed E-state index contributed by atoms with van der Waals surface area (Å²) in [4.78, 5) is -0.390. The summed E-state index contributed by atoms with van der Waals surface area (Å²) in [7, 11) is 0. The largest absolute Gasteiger partial charge is 0.136 e. The highest BCUT2D eigenvalue weighted by molar-refractivity contribution is 8.19. The molecule has 0 radical (unpaired) electrons. The maximum Gasteiger partial charge on any atom is 0.120 e. The second kappa shape index (κ2) is 5.51. The molecule has 2 aliphatic rings. The third kappa shape index (κ3) is 3.51. The molecule has 4 heteroatoms. The van der Waals surface area contributed by atoms with Gasteiger partial charge in [-0.05, 0) is 29.8 Å². The third-order valence-electron chi connectivity index (χ3n) is 4.06. The molecule has 108 valence electrons. The predicted molar refractivity (Wildman–Crippen MR) is 92.5 cm³/mol. The van der Waals surface area contributed by atoms with Crippen molar-refractivity contribution in [1.29, 1.82) is 0 Å². The van der Waals surface area contributed by atoms with Gasteiger partial charge in [-0.25, -0.2) is 0 Å². The van der Waals surface area contributed by atoms with Gasteiger partial charge in [-0.3, -0.25) is 0 Å². The van der Waals surface area contributed by atoms with Crippen LogP contribution in [-0.2, 0) is 0 Å². The van der Waals surface area contributed by atoms with Crippen molar-refractivity contribution in [2.75, 3.05) is 11.5 Å². The molecule has 0 atom stereocenters. The molecule has 19 heavy (non-hydrogen) atoms. The standard InChI is InChI=1S/C15H22Cl2S2/c1-13(2,3)11-9-18-15(19-10-11)7-5-14(4,6-8-15)12(16)17/h5-8,11-12H,9-10H2,1-4H3. The first kappa shape index (κ1) is 16.1. The lowest BCUT2D eigenvalue weighted by Gasteiger charge is -2.42. The van der Waals surface area contributed by atoms with Crippen LogP contribution in [0.4, 0.5) is 0 Å². The van der Waals surface area contributed by atoms with Crippen molar-refractivity contribution < 1.29 is 0 Å². The van der Waals surface area contributed by atoms with Crippen LogP contribution in [0.3, 0.4) is 0 Å². The summed E-state index contributed by atoms with van der Waals surface area (Å²) in [6, 6.07) is 0. The van der Waals surface area contributed by atoms with E-state index in [1.165, 1.54) is 11.5 Å². The van der Waals surface area contributed by atoms with Crippen molar-refractivity contribution in [2.45, 2.75) is 36.6 Å². The van der Waals surface area contributed by atoms with Gasteiger partial charge in [0.25, 0.3) is 0 Å². The zero-order valence-electron chi connectivity index (χ0n) is 12.0. The smallest absolute Gasteiger partial charge is 0.120 e. The van der Waals surface area contributed by atoms with Gasteiger partial charge in [0.1, 0.15) is 4.84 Å². The van der Waals surface area contributed by atoms with Gasteiger partial charge >= 0.3 is 0 Å². The van der Waals surface area contributed by atoms with Crippen molar-refractivity contribution in [3.8, 4) is 0 Å². The number of rotatable bonds is 1. The summed E-state index contributed by atoms with van der Waals surface area (Å²) in [5.41, 5.74) is 0.173. The van der Waals surface area contributed by atoms with Crippen molar-refractivity contribution in [1.82, 2.24) is 0 Å². The molecular weight excluding hydrogens is 315 g/mol. The predicted octanol–water partition coefficient (Wildman–Crippen LogP) is 5.76. The van der Waals surface area contributed by atoms with Gasteiger partial charge in [0, 0.05) is 5.41 Å². The van der Waals surface area contributed by atoms with Gasteiger partial charge in [-0.15, -0.1) is 46.7 Å². The first-order valence-corrected chi connectivity index (χ1v) is 9.48. The molecule has 1 saturated heterocycles. The fraction of sp³-hybridized carbons (Fsp3) is 0.733. The van der Waals surface area contributed by atoms with Gasteiger partial charge < -0.3 is 0 Å². The summed E-state index contributed by atoms with van der Waals surface area (Å²) in [6.07, 6.45) is 8.93. The number of halogens is 2. The van der Waals surface area contributed by atoms with Gasteiger partial charge in [0.05, 0.1) is 4.08 Å². The summed E-state index contributed by atoms with van der Waals surface area (Å²) < 4.78 is 0.101. The maximum absolute atomic E-state index is 6.06. The van der Waals surface area contributed by atoms with E-state index in [9.17, 15) is 0 Å². The Labute approximate surface area is 135 Å². The number of allylic oxidation sites excluding steroid dienone is 2. The van der Waals surface area contributed by atoms with Gasteiger partial charge in [-0.1, -0.05) is 45.1 Å². The molecule has 1 spiro atoms. The van der Waals surface area contributed by atoms with Crippen LogP contribution in [0.5, 0.6) is 0 Å². The van der Waals surface area contributed by atoms with E-state index in [4.69, 9.17) is 23.2 Å². The fourth-order valence-electron chi connectivity index (χ4n) is 2.09. The molecule has 1 fully saturated rings. The minimum absolute atomic E-state index is 0.101. The monoisotopic (exact) mass is 336 g/mol. The average molecular weight is 337 g/mol. The van der Waals surface area contributed by atoms with Crippen molar-refractivity contribution in [3.05, 3.63) is 24.3 Å². The molecule has 1 aliphatic carbocycles. The van der Waals surface area contributed by atoms with Crippen LogP contribution >= 0.6 is 46.7 Å². The van der Waals surface area contributed by atoms with Crippen LogP contribution in [0.25, 0.3) is 0 Å². The Hall–Kier alpha value is 0.760. The second-order valence-corrected chi connectivity index (χ2v) is 10.7. The van der Waals surface area contributed by atoms with Gasteiger partial charge in [0.15, 0.2) is 0 Å². The molecule has 0 amide bonds. The Morgan fingerprint density at radius 1 is 1.05 bits per heavy atom. The molecule has 0 aromatic rings. The lowest BCUT2D eigenvalue weighted by Crippen LogP contribution is -2.35. The lowest BCUT2D eigenvalue weighted by atomic mass is 9.83. The Morgan fingerprint density at radius 3 is 1.89 bits per heavy atom. The molecule has 0 N–H and O–H groups in total. The Kier molecular flexibility index (Phi) is 4.68. The molecule has 0 bridgehead atoms. The quantitative estimate of drug-likeness (QED) is 0.441. The van der Waals surface area contributed by atoms with E-state index in [2.05, 4.69) is 52.0 Å². The number of hydrogen-bond acceptors (Lipinski definition) is 2. The molecule has 0 nitrogen and oxygen atoms in total. The molecule has 1 heterocycles. The van der Waals surface area contributed by atoms with Crippen molar-refractivity contribution in [2.24, 2.45) is 16.7 Å². The Bertz CT molecular complexity index is 369. The SMILES string of the molecule is CC(C)(C)C1CSC2(C=CC(C)(C(Cl)Cl)C=C2)SC1. The topological polar surface area (TPSA) is 0 Å².